The summed E-state index contributed by atoms with van der Waals surface area (Å²) >= 11 is 0. The van der Waals surface area contributed by atoms with E-state index in [1.807, 2.05) is 26.2 Å². The zero-order valence-electron chi connectivity index (χ0n) is 15.4. The van der Waals surface area contributed by atoms with E-state index in [-0.39, 0.29) is 0 Å². The molecule has 2 atom stereocenters. The van der Waals surface area contributed by atoms with Crippen LogP contribution in [-0.4, -0.2) is 52.8 Å². The largest absolute Gasteiger partial charge is 0.470 e. The van der Waals surface area contributed by atoms with Gasteiger partial charge in [0.15, 0.2) is 16.6 Å². The molecular weight excluding hydrogens is 385 g/mol. The second-order valence-electron chi connectivity index (χ2n) is 7.55. The van der Waals surface area contributed by atoms with Crippen molar-refractivity contribution in [1.82, 2.24) is 0 Å². The van der Waals surface area contributed by atoms with Gasteiger partial charge in [-0.3, -0.25) is 0 Å². The molecule has 0 aromatic carbocycles. The van der Waals surface area contributed by atoms with Crippen LogP contribution in [0.1, 0.15) is 0 Å². The van der Waals surface area contributed by atoms with Gasteiger partial charge in [0, 0.05) is 13.1 Å². The van der Waals surface area contributed by atoms with Gasteiger partial charge in [0.1, 0.15) is 0 Å². The summed E-state index contributed by atoms with van der Waals surface area (Å²) in [4.78, 5) is 0. The monoisotopic (exact) mass is 414 g/mol. The first-order chi connectivity index (χ1) is 9.62. The van der Waals surface area contributed by atoms with E-state index in [0.29, 0.717) is 0 Å². The minimum Gasteiger partial charge on any atom is -0.417 e. The lowest BCUT2D eigenvalue weighted by Crippen LogP contribution is -2.65. The summed E-state index contributed by atoms with van der Waals surface area (Å²) < 4.78 is 37.2. The van der Waals surface area contributed by atoms with Crippen LogP contribution in [-0.2, 0) is 24.7 Å². The fourth-order valence-electron chi connectivity index (χ4n) is 2.34. The molecule has 0 bridgehead atoms. The predicted octanol–water partition coefficient (Wildman–Crippen LogP) is 3.14. The third-order valence-electron chi connectivity index (χ3n) is 2.30. The standard InChI is InChI=1S/C10H30O6Si6/c1-17-11-18(2)13-22(10,15-20(6,7)8)16-21(9,12-17)14-19(3,4)5/h1-10H3. The topological polar surface area (TPSA) is 55.4 Å². The third-order valence-corrected chi connectivity index (χ3v) is 20.7. The zero-order chi connectivity index (χ0) is 17.4. The molecule has 6 nitrogen and oxygen atoms in total. The molecule has 0 aliphatic carbocycles. The summed E-state index contributed by atoms with van der Waals surface area (Å²) in [6, 6.07) is 0. The molecule has 22 heavy (non-hydrogen) atoms. The average molecular weight is 415 g/mol. The van der Waals surface area contributed by atoms with Crippen LogP contribution in [0.15, 0.2) is 0 Å². The number of hydrogen-bond acceptors (Lipinski definition) is 6. The Kier molecular flexibility index (Phi) is 6.83. The Morgan fingerprint density at radius 3 is 1.32 bits per heavy atom. The molecule has 1 saturated heterocycles. The molecule has 2 radical (unpaired) electrons. The van der Waals surface area contributed by atoms with E-state index in [0.717, 1.165) is 0 Å². The smallest absolute Gasteiger partial charge is 0.417 e. The van der Waals surface area contributed by atoms with Gasteiger partial charge in [-0.2, -0.15) is 0 Å². The lowest BCUT2D eigenvalue weighted by Gasteiger charge is -2.44. The maximum absolute atomic E-state index is 6.39. The van der Waals surface area contributed by atoms with Crippen LogP contribution in [0, 0.1) is 0 Å². The maximum atomic E-state index is 6.39. The average Bonchev–Trinajstić information content (AvgIpc) is 2.03. The summed E-state index contributed by atoms with van der Waals surface area (Å²) in [5.74, 6) is 0. The van der Waals surface area contributed by atoms with E-state index < -0.39 is 52.8 Å². The number of rotatable bonds is 4. The Balaban J connectivity index is 3.06. The van der Waals surface area contributed by atoms with Crippen molar-refractivity contribution in [2.24, 2.45) is 0 Å². The van der Waals surface area contributed by atoms with Crippen LogP contribution in [0.4, 0.5) is 0 Å². The van der Waals surface area contributed by atoms with Gasteiger partial charge >= 0.3 is 36.2 Å². The van der Waals surface area contributed by atoms with Gasteiger partial charge in [-0.05, 0) is 52.4 Å². The first-order valence-corrected chi connectivity index (χ1v) is 22.3. The van der Waals surface area contributed by atoms with Crippen LogP contribution in [0.25, 0.3) is 0 Å². The molecule has 0 aromatic heterocycles. The Morgan fingerprint density at radius 1 is 0.727 bits per heavy atom. The summed E-state index contributed by atoms with van der Waals surface area (Å²) in [6.45, 7) is 20.6. The van der Waals surface area contributed by atoms with Crippen molar-refractivity contribution in [3.05, 3.63) is 0 Å². The molecule has 0 spiro atoms. The summed E-state index contributed by atoms with van der Waals surface area (Å²) in [6.07, 6.45) is 0. The summed E-state index contributed by atoms with van der Waals surface area (Å²) in [5, 5.41) is 0. The van der Waals surface area contributed by atoms with Gasteiger partial charge in [-0.15, -0.1) is 0 Å². The van der Waals surface area contributed by atoms with Gasteiger partial charge in [0.2, 0.25) is 0 Å². The predicted molar refractivity (Wildman–Crippen MR) is 99.7 cm³/mol. The van der Waals surface area contributed by atoms with Crippen molar-refractivity contribution in [2.45, 2.75) is 65.5 Å². The van der Waals surface area contributed by atoms with Gasteiger partial charge in [0.05, 0.1) is 0 Å². The van der Waals surface area contributed by atoms with Crippen molar-refractivity contribution in [1.29, 1.82) is 0 Å². The quantitative estimate of drug-likeness (QED) is 0.659. The fourth-order valence-corrected chi connectivity index (χ4v) is 24.1. The number of hydrogen-bond donors (Lipinski definition) is 0. The van der Waals surface area contributed by atoms with Crippen molar-refractivity contribution in [3.8, 4) is 0 Å². The summed E-state index contributed by atoms with van der Waals surface area (Å²) in [7, 11) is -12.2. The highest BCUT2D eigenvalue weighted by atomic mass is 28.5. The van der Waals surface area contributed by atoms with Crippen LogP contribution in [0.5, 0.6) is 0 Å². The zero-order valence-corrected chi connectivity index (χ0v) is 21.4. The van der Waals surface area contributed by atoms with Crippen LogP contribution >= 0.6 is 0 Å². The van der Waals surface area contributed by atoms with Crippen molar-refractivity contribution in [3.63, 3.8) is 0 Å². The first-order valence-electron chi connectivity index (χ1n) is 7.45. The fraction of sp³-hybridized carbons (Fsp3) is 1.00. The lowest BCUT2D eigenvalue weighted by atomic mass is 11.8. The van der Waals surface area contributed by atoms with Gasteiger partial charge in [-0.1, -0.05) is 0 Å². The molecule has 0 aromatic rings. The Hall–Kier alpha value is 1.06. The molecule has 1 aliphatic rings. The normalized spacial score (nSPS) is 33.5. The van der Waals surface area contributed by atoms with E-state index in [4.69, 9.17) is 24.7 Å². The molecule has 1 fully saturated rings. The van der Waals surface area contributed by atoms with Gasteiger partial charge in [-0.25, -0.2) is 0 Å². The molecular formula is C10H30O6Si6. The van der Waals surface area contributed by atoms with Crippen LogP contribution in [0.3, 0.4) is 0 Å². The molecule has 0 saturated carbocycles. The van der Waals surface area contributed by atoms with E-state index in [9.17, 15) is 0 Å². The lowest BCUT2D eigenvalue weighted by molar-refractivity contribution is 0.156. The second-order valence-corrected chi connectivity index (χ2v) is 26.3. The van der Waals surface area contributed by atoms with Crippen LogP contribution < -0.4 is 0 Å². The molecule has 12 heteroatoms. The molecule has 1 rings (SSSR count). The highest BCUT2D eigenvalue weighted by Gasteiger charge is 2.54. The molecule has 1 aliphatic heterocycles. The van der Waals surface area contributed by atoms with Gasteiger partial charge < -0.3 is 24.7 Å². The van der Waals surface area contributed by atoms with E-state index in [1.54, 1.807) is 0 Å². The van der Waals surface area contributed by atoms with Crippen molar-refractivity contribution in [2.75, 3.05) is 0 Å². The first kappa shape index (κ1) is 21.1. The van der Waals surface area contributed by atoms with Crippen LogP contribution in [0.2, 0.25) is 65.5 Å². The van der Waals surface area contributed by atoms with Crippen molar-refractivity contribution < 1.29 is 24.7 Å². The van der Waals surface area contributed by atoms with Gasteiger partial charge in [0.25, 0.3) is 0 Å². The molecule has 0 N–H and O–H groups in total. The molecule has 0 amide bonds. The van der Waals surface area contributed by atoms with Crippen molar-refractivity contribution >= 4 is 52.8 Å². The Morgan fingerprint density at radius 2 is 1.05 bits per heavy atom. The maximum Gasteiger partial charge on any atom is 0.470 e. The molecule has 130 valence electrons. The highest BCUT2D eigenvalue weighted by Crippen LogP contribution is 2.28. The minimum absolute atomic E-state index is 1.44. The minimum atomic E-state index is -2.85. The Bertz CT molecular complexity index is 353. The third kappa shape index (κ3) is 7.75. The van der Waals surface area contributed by atoms with E-state index in [1.165, 1.54) is 0 Å². The Labute approximate surface area is 143 Å². The molecule has 1 heterocycles. The van der Waals surface area contributed by atoms with E-state index >= 15 is 0 Å². The molecule has 2 unspecified atom stereocenters. The second kappa shape index (κ2) is 7.12. The highest BCUT2D eigenvalue weighted by molar-refractivity contribution is 6.90. The summed E-state index contributed by atoms with van der Waals surface area (Å²) in [5.41, 5.74) is 0. The van der Waals surface area contributed by atoms with E-state index in [2.05, 4.69) is 39.3 Å². The SMILES string of the molecule is C[Si]1O[Si](C)O[Si](C)(O[Si](C)(C)C)O[Si](C)(O[Si](C)(C)C)O1.